The van der Waals surface area contributed by atoms with Gasteiger partial charge in [0.15, 0.2) is 6.23 Å². The van der Waals surface area contributed by atoms with Crippen molar-refractivity contribution in [2.45, 2.75) is 83.0 Å². The molecule has 1 aliphatic heterocycles. The number of rotatable bonds is 8. The third-order valence-electron chi connectivity index (χ3n) is 6.83. The highest BCUT2D eigenvalue weighted by atomic mass is 16.6. The fourth-order valence-electron chi connectivity index (χ4n) is 4.82. The molecule has 1 heterocycles. The summed E-state index contributed by atoms with van der Waals surface area (Å²) in [6.07, 6.45) is 7.93. The largest absolute Gasteiger partial charge is 0.446 e. The summed E-state index contributed by atoms with van der Waals surface area (Å²) in [6.45, 7) is 4.95. The minimum Gasteiger partial charge on any atom is -0.446 e. The van der Waals surface area contributed by atoms with E-state index in [1.165, 1.54) is 18.4 Å². The van der Waals surface area contributed by atoms with Crippen molar-refractivity contribution in [3.05, 3.63) is 35.4 Å². The molecule has 1 aromatic carbocycles. The fraction of sp³-hybridized carbons (Fsp3) is 0.696. The number of carbonyl (C=O) groups excluding carboxylic acids is 1. The maximum absolute atomic E-state index is 12.4. The SMILES string of the molecule is CCCCCC(C)C(=O)OC1NCC12CC(O)(c1cccc(C3CC3)c1)C2. The summed E-state index contributed by atoms with van der Waals surface area (Å²) in [5, 5.41) is 14.4. The molecule has 2 saturated carbocycles. The van der Waals surface area contributed by atoms with Crippen molar-refractivity contribution in [3.63, 3.8) is 0 Å². The van der Waals surface area contributed by atoms with E-state index in [2.05, 4.69) is 30.4 Å². The maximum atomic E-state index is 12.4. The van der Waals surface area contributed by atoms with Gasteiger partial charge in [0.25, 0.3) is 0 Å². The Hall–Kier alpha value is -1.39. The van der Waals surface area contributed by atoms with Gasteiger partial charge in [-0.2, -0.15) is 0 Å². The van der Waals surface area contributed by atoms with Crippen molar-refractivity contribution in [2.24, 2.45) is 11.3 Å². The molecule has 3 aliphatic rings. The molecule has 1 spiro atoms. The van der Waals surface area contributed by atoms with Crippen LogP contribution in [-0.2, 0) is 15.1 Å². The standard InChI is InChI=1S/C23H33NO3/c1-3-4-5-7-16(2)20(25)27-21-22(15-24-21)13-23(26,14-22)19-9-6-8-18(12-19)17-10-11-17/h6,8-9,12,16-17,21,24,26H,3-5,7,10-11,13-15H2,1-2H3. The van der Waals surface area contributed by atoms with Gasteiger partial charge in [-0.25, -0.2) is 0 Å². The van der Waals surface area contributed by atoms with Crippen molar-refractivity contribution in [2.75, 3.05) is 6.54 Å². The van der Waals surface area contributed by atoms with E-state index in [4.69, 9.17) is 4.74 Å². The summed E-state index contributed by atoms with van der Waals surface area (Å²) < 4.78 is 5.78. The molecule has 0 amide bonds. The first-order valence-corrected chi connectivity index (χ1v) is 10.7. The topological polar surface area (TPSA) is 58.6 Å². The van der Waals surface area contributed by atoms with Gasteiger partial charge >= 0.3 is 5.97 Å². The number of esters is 1. The number of nitrogens with one attached hydrogen (secondary N) is 1. The molecular weight excluding hydrogens is 338 g/mol. The predicted molar refractivity (Wildman–Crippen MR) is 105 cm³/mol. The van der Waals surface area contributed by atoms with Gasteiger partial charge in [-0.05, 0) is 49.1 Å². The van der Waals surface area contributed by atoms with Crippen LogP contribution in [0.2, 0.25) is 0 Å². The molecule has 148 valence electrons. The van der Waals surface area contributed by atoms with Crippen LogP contribution in [0.1, 0.15) is 82.3 Å². The molecule has 2 unspecified atom stereocenters. The number of hydrogen-bond donors (Lipinski definition) is 2. The smallest absolute Gasteiger partial charge is 0.310 e. The number of unbranched alkanes of at least 4 members (excludes halogenated alkanes) is 2. The molecule has 4 heteroatoms. The van der Waals surface area contributed by atoms with Crippen molar-refractivity contribution >= 4 is 5.97 Å². The summed E-state index contributed by atoms with van der Waals surface area (Å²) in [7, 11) is 0. The summed E-state index contributed by atoms with van der Waals surface area (Å²) in [4.78, 5) is 12.4. The molecule has 1 aromatic rings. The van der Waals surface area contributed by atoms with Gasteiger partial charge in [0.2, 0.25) is 0 Å². The number of ether oxygens (including phenoxy) is 1. The van der Waals surface area contributed by atoms with Crippen LogP contribution in [-0.4, -0.2) is 23.8 Å². The van der Waals surface area contributed by atoms with Gasteiger partial charge in [0.05, 0.1) is 11.5 Å². The van der Waals surface area contributed by atoms with Crippen LogP contribution in [0.4, 0.5) is 0 Å². The van der Waals surface area contributed by atoms with Crippen LogP contribution >= 0.6 is 0 Å². The predicted octanol–water partition coefficient (Wildman–Crippen LogP) is 4.22. The molecule has 0 radical (unpaired) electrons. The van der Waals surface area contributed by atoms with E-state index in [1.807, 2.05) is 13.0 Å². The van der Waals surface area contributed by atoms with Crippen LogP contribution in [0, 0.1) is 11.3 Å². The van der Waals surface area contributed by atoms with Crippen LogP contribution in [0.25, 0.3) is 0 Å². The normalized spacial score (nSPS) is 33.2. The van der Waals surface area contributed by atoms with E-state index < -0.39 is 5.60 Å². The zero-order chi connectivity index (χ0) is 19.1. The molecule has 2 aliphatic carbocycles. The first-order valence-electron chi connectivity index (χ1n) is 10.7. The first-order chi connectivity index (χ1) is 13.0. The summed E-state index contributed by atoms with van der Waals surface area (Å²) in [5.74, 6) is 0.537. The van der Waals surface area contributed by atoms with Crippen LogP contribution in [0.3, 0.4) is 0 Å². The maximum Gasteiger partial charge on any atom is 0.310 e. The lowest BCUT2D eigenvalue weighted by molar-refractivity contribution is -0.241. The zero-order valence-corrected chi connectivity index (χ0v) is 16.7. The van der Waals surface area contributed by atoms with Gasteiger partial charge in [-0.1, -0.05) is 57.4 Å². The van der Waals surface area contributed by atoms with E-state index in [0.717, 1.165) is 37.8 Å². The van der Waals surface area contributed by atoms with Gasteiger partial charge in [0.1, 0.15) is 0 Å². The molecule has 0 aromatic heterocycles. The van der Waals surface area contributed by atoms with Crippen LogP contribution < -0.4 is 5.32 Å². The Bertz CT molecular complexity index is 691. The Morgan fingerprint density at radius 3 is 2.74 bits per heavy atom. The quantitative estimate of drug-likeness (QED) is 0.531. The Labute approximate surface area is 162 Å². The fourth-order valence-corrected chi connectivity index (χ4v) is 4.82. The number of benzene rings is 1. The van der Waals surface area contributed by atoms with Crippen LogP contribution in [0.5, 0.6) is 0 Å². The Balaban J connectivity index is 1.33. The monoisotopic (exact) mass is 371 g/mol. The highest BCUT2D eigenvalue weighted by molar-refractivity contribution is 5.72. The highest BCUT2D eigenvalue weighted by Gasteiger charge is 2.64. The molecule has 2 N–H and O–H groups in total. The average molecular weight is 372 g/mol. The van der Waals surface area contributed by atoms with E-state index in [1.54, 1.807) is 0 Å². The number of hydrogen-bond acceptors (Lipinski definition) is 4. The Morgan fingerprint density at radius 2 is 2.11 bits per heavy atom. The van der Waals surface area contributed by atoms with Gasteiger partial charge in [-0.3, -0.25) is 10.1 Å². The third kappa shape index (κ3) is 3.66. The molecule has 2 atom stereocenters. The average Bonchev–Trinajstić information content (AvgIpc) is 3.47. The molecule has 1 saturated heterocycles. The van der Waals surface area contributed by atoms with E-state index in [9.17, 15) is 9.90 Å². The minimum atomic E-state index is -0.773. The Morgan fingerprint density at radius 1 is 1.33 bits per heavy atom. The van der Waals surface area contributed by atoms with E-state index in [-0.39, 0.29) is 23.5 Å². The molecule has 27 heavy (non-hydrogen) atoms. The summed E-state index contributed by atoms with van der Waals surface area (Å²) >= 11 is 0. The number of aliphatic hydroxyl groups is 1. The van der Waals surface area contributed by atoms with Crippen molar-refractivity contribution < 1.29 is 14.6 Å². The van der Waals surface area contributed by atoms with Crippen LogP contribution in [0.15, 0.2) is 24.3 Å². The van der Waals surface area contributed by atoms with Crippen molar-refractivity contribution in [1.82, 2.24) is 5.32 Å². The molecule has 3 fully saturated rings. The Kier molecular flexibility index (Phi) is 5.06. The molecule has 0 bridgehead atoms. The highest BCUT2D eigenvalue weighted by Crippen LogP contribution is 2.59. The van der Waals surface area contributed by atoms with Crippen molar-refractivity contribution in [1.29, 1.82) is 0 Å². The zero-order valence-electron chi connectivity index (χ0n) is 16.7. The number of carbonyl (C=O) groups is 1. The minimum absolute atomic E-state index is 0.0508. The van der Waals surface area contributed by atoms with Crippen molar-refractivity contribution in [3.8, 4) is 0 Å². The van der Waals surface area contributed by atoms with E-state index in [0.29, 0.717) is 18.8 Å². The molecule has 4 rings (SSSR count). The lowest BCUT2D eigenvalue weighted by Gasteiger charge is -2.62. The summed E-state index contributed by atoms with van der Waals surface area (Å²) in [6, 6.07) is 8.48. The lowest BCUT2D eigenvalue weighted by atomic mass is 9.53. The molecule has 4 nitrogen and oxygen atoms in total. The van der Waals surface area contributed by atoms with Gasteiger partial charge in [-0.15, -0.1) is 0 Å². The first kappa shape index (κ1) is 18.9. The summed E-state index contributed by atoms with van der Waals surface area (Å²) in [5.41, 5.74) is 1.52. The van der Waals surface area contributed by atoms with Gasteiger partial charge in [0, 0.05) is 12.0 Å². The second-order valence-electron chi connectivity index (χ2n) is 9.24. The van der Waals surface area contributed by atoms with E-state index >= 15 is 0 Å². The second-order valence-corrected chi connectivity index (χ2v) is 9.24. The lowest BCUT2D eigenvalue weighted by Crippen LogP contribution is -2.72. The second kappa shape index (κ2) is 7.21. The molecular formula is C23H33NO3. The van der Waals surface area contributed by atoms with Gasteiger partial charge < -0.3 is 9.84 Å². The third-order valence-corrected chi connectivity index (χ3v) is 6.83.